The van der Waals surface area contributed by atoms with Crippen molar-refractivity contribution in [3.8, 4) is 0 Å². The number of carbonyl (C=O) groups excluding carboxylic acids is 2. The molecule has 0 atom stereocenters. The Balaban J connectivity index is 1.61. The van der Waals surface area contributed by atoms with E-state index in [1.165, 1.54) is 6.42 Å². The molecule has 0 N–H and O–H groups in total. The minimum absolute atomic E-state index is 0.294. The number of benzene rings is 2. The van der Waals surface area contributed by atoms with Crippen LogP contribution in [0, 0.1) is 0 Å². The number of hydrogen-bond donors (Lipinski definition) is 0. The van der Waals surface area contributed by atoms with E-state index in [4.69, 9.17) is 9.47 Å². The Morgan fingerprint density at radius 2 is 1.12 bits per heavy atom. The SMILES string of the molecule is O=C(OC[Si]1(COC(=O)c2ccccc2)CCCCC1)c1ccccc1. The molecule has 0 amide bonds. The topological polar surface area (TPSA) is 52.6 Å². The van der Waals surface area contributed by atoms with Crippen LogP contribution in [0.25, 0.3) is 0 Å². The van der Waals surface area contributed by atoms with Gasteiger partial charge in [-0.2, -0.15) is 0 Å². The van der Waals surface area contributed by atoms with Crippen LogP contribution in [0.15, 0.2) is 60.7 Å². The highest BCUT2D eigenvalue weighted by Gasteiger charge is 2.38. The van der Waals surface area contributed by atoms with Gasteiger partial charge in [-0.1, -0.05) is 67.7 Å². The molecule has 0 unspecified atom stereocenters. The van der Waals surface area contributed by atoms with Crippen molar-refractivity contribution in [1.29, 1.82) is 0 Å². The predicted molar refractivity (Wildman–Crippen MR) is 103 cm³/mol. The molecule has 0 radical (unpaired) electrons. The second-order valence-electron chi connectivity index (χ2n) is 6.94. The fourth-order valence-corrected chi connectivity index (χ4v) is 7.17. The molecule has 0 spiro atoms. The lowest BCUT2D eigenvalue weighted by Gasteiger charge is -2.33. The van der Waals surface area contributed by atoms with E-state index in [0.717, 1.165) is 24.9 Å². The number of ether oxygens (including phenoxy) is 2. The lowest BCUT2D eigenvalue weighted by atomic mass is 10.2. The normalized spacial score (nSPS) is 15.8. The third-order valence-corrected chi connectivity index (χ3v) is 9.29. The van der Waals surface area contributed by atoms with Gasteiger partial charge in [-0.15, -0.1) is 0 Å². The molecular weight excluding hydrogens is 344 g/mol. The van der Waals surface area contributed by atoms with E-state index in [2.05, 4.69) is 0 Å². The summed E-state index contributed by atoms with van der Waals surface area (Å²) in [7, 11) is -1.96. The van der Waals surface area contributed by atoms with Gasteiger partial charge in [0.25, 0.3) is 0 Å². The Kier molecular flexibility index (Phi) is 6.23. The average molecular weight is 369 g/mol. The van der Waals surface area contributed by atoms with Gasteiger partial charge in [0, 0.05) is 0 Å². The Morgan fingerprint density at radius 1 is 0.692 bits per heavy atom. The van der Waals surface area contributed by atoms with Gasteiger partial charge in [0.2, 0.25) is 0 Å². The van der Waals surface area contributed by atoms with Crippen LogP contribution in [0.5, 0.6) is 0 Å². The standard InChI is InChI=1S/C21H24O4Si/c22-20(18-10-4-1-5-11-18)24-16-26(14-8-3-9-15-26)17-25-21(23)19-12-6-2-7-13-19/h1-2,4-7,10-13H,3,8-9,14-17H2. The molecular formula is C21H24O4Si. The lowest BCUT2D eigenvalue weighted by molar-refractivity contribution is 0.0530. The first-order chi connectivity index (χ1) is 12.7. The molecule has 1 saturated heterocycles. The molecule has 0 bridgehead atoms. The molecule has 0 aliphatic carbocycles. The monoisotopic (exact) mass is 368 g/mol. The Labute approximate surface area is 155 Å². The second kappa shape index (κ2) is 8.81. The van der Waals surface area contributed by atoms with Gasteiger partial charge in [-0.3, -0.25) is 0 Å². The average Bonchev–Trinajstić information content (AvgIpc) is 2.72. The quantitative estimate of drug-likeness (QED) is 0.560. The third-order valence-electron chi connectivity index (χ3n) is 4.95. The van der Waals surface area contributed by atoms with Crippen molar-refractivity contribution in [3.63, 3.8) is 0 Å². The first-order valence-corrected chi connectivity index (χ1v) is 12.0. The molecule has 0 saturated carbocycles. The van der Waals surface area contributed by atoms with E-state index >= 15 is 0 Å². The second-order valence-corrected chi connectivity index (χ2v) is 11.5. The largest absolute Gasteiger partial charge is 0.466 e. The van der Waals surface area contributed by atoms with Crippen LogP contribution in [0.3, 0.4) is 0 Å². The molecule has 2 aromatic rings. The molecule has 4 nitrogen and oxygen atoms in total. The molecule has 1 aliphatic heterocycles. The Hall–Kier alpha value is -2.40. The van der Waals surface area contributed by atoms with Crippen LogP contribution in [-0.4, -0.2) is 32.5 Å². The summed E-state index contributed by atoms with van der Waals surface area (Å²) in [6, 6.07) is 20.2. The maximum atomic E-state index is 12.3. The number of hydrogen-bond acceptors (Lipinski definition) is 4. The zero-order chi connectivity index (χ0) is 18.2. The van der Waals surface area contributed by atoms with Gasteiger partial charge in [0.15, 0.2) is 0 Å². The zero-order valence-electron chi connectivity index (χ0n) is 14.9. The van der Waals surface area contributed by atoms with Crippen molar-refractivity contribution >= 4 is 20.0 Å². The van der Waals surface area contributed by atoms with Gasteiger partial charge >= 0.3 is 11.9 Å². The fraction of sp³-hybridized carbons (Fsp3) is 0.333. The third kappa shape index (κ3) is 4.82. The van der Waals surface area contributed by atoms with E-state index in [-0.39, 0.29) is 11.9 Å². The van der Waals surface area contributed by atoms with E-state index in [0.29, 0.717) is 23.6 Å². The van der Waals surface area contributed by atoms with Crippen LogP contribution < -0.4 is 0 Å². The number of rotatable bonds is 6. The van der Waals surface area contributed by atoms with Crippen molar-refractivity contribution < 1.29 is 19.1 Å². The predicted octanol–water partition coefficient (Wildman–Crippen LogP) is 4.41. The maximum absolute atomic E-state index is 12.3. The van der Waals surface area contributed by atoms with Crippen LogP contribution in [0.4, 0.5) is 0 Å². The van der Waals surface area contributed by atoms with Crippen LogP contribution >= 0.6 is 0 Å². The molecule has 26 heavy (non-hydrogen) atoms. The van der Waals surface area contributed by atoms with Crippen molar-refractivity contribution in [1.82, 2.24) is 0 Å². The minimum atomic E-state index is -1.96. The zero-order valence-corrected chi connectivity index (χ0v) is 15.9. The molecule has 0 aromatic heterocycles. The van der Waals surface area contributed by atoms with Gasteiger partial charge in [0.05, 0.1) is 23.6 Å². The van der Waals surface area contributed by atoms with Gasteiger partial charge < -0.3 is 9.47 Å². The van der Waals surface area contributed by atoms with Crippen LogP contribution in [-0.2, 0) is 9.47 Å². The van der Waals surface area contributed by atoms with Crippen LogP contribution in [0.1, 0.15) is 40.0 Å². The summed E-state index contributed by atoms with van der Waals surface area (Å²) in [5.41, 5.74) is 1.13. The van der Waals surface area contributed by atoms with Crippen molar-refractivity contribution in [2.45, 2.75) is 31.4 Å². The summed E-state index contributed by atoms with van der Waals surface area (Å²) in [6.07, 6.45) is 4.29. The van der Waals surface area contributed by atoms with E-state index in [1.807, 2.05) is 36.4 Å². The molecule has 1 heterocycles. The number of carbonyl (C=O) groups is 2. The molecule has 1 fully saturated rings. The highest BCUT2D eigenvalue weighted by atomic mass is 28.3. The Morgan fingerprint density at radius 3 is 1.54 bits per heavy atom. The maximum Gasteiger partial charge on any atom is 0.337 e. The first-order valence-electron chi connectivity index (χ1n) is 9.13. The van der Waals surface area contributed by atoms with Gasteiger partial charge in [-0.25, -0.2) is 9.59 Å². The molecule has 1 aliphatic rings. The van der Waals surface area contributed by atoms with Crippen LogP contribution in [0.2, 0.25) is 12.1 Å². The number of esters is 2. The smallest absolute Gasteiger partial charge is 0.337 e. The van der Waals surface area contributed by atoms with Crippen molar-refractivity contribution in [3.05, 3.63) is 71.8 Å². The highest BCUT2D eigenvalue weighted by Crippen LogP contribution is 2.29. The molecule has 2 aromatic carbocycles. The van der Waals surface area contributed by atoms with E-state index in [9.17, 15) is 9.59 Å². The van der Waals surface area contributed by atoms with Gasteiger partial charge in [0.1, 0.15) is 8.07 Å². The molecule has 136 valence electrons. The van der Waals surface area contributed by atoms with E-state index < -0.39 is 8.07 Å². The summed E-state index contributed by atoms with van der Waals surface area (Å²) >= 11 is 0. The summed E-state index contributed by atoms with van der Waals surface area (Å²) in [6.45, 7) is 0. The van der Waals surface area contributed by atoms with E-state index in [1.54, 1.807) is 24.3 Å². The fourth-order valence-electron chi connectivity index (χ4n) is 3.38. The van der Waals surface area contributed by atoms with Crippen molar-refractivity contribution in [2.24, 2.45) is 0 Å². The summed E-state index contributed by atoms with van der Waals surface area (Å²) in [5, 5.41) is 0. The van der Waals surface area contributed by atoms with Gasteiger partial charge in [-0.05, 0) is 24.3 Å². The Bertz CT molecular complexity index is 667. The minimum Gasteiger partial charge on any atom is -0.466 e. The molecule has 5 heteroatoms. The first kappa shape index (κ1) is 18.4. The van der Waals surface area contributed by atoms with Crippen molar-refractivity contribution in [2.75, 3.05) is 12.5 Å². The lowest BCUT2D eigenvalue weighted by Crippen LogP contribution is -2.48. The molecule has 3 rings (SSSR count). The summed E-state index contributed by atoms with van der Waals surface area (Å²) in [5.74, 6) is -0.588. The summed E-state index contributed by atoms with van der Waals surface area (Å²) < 4.78 is 11.3. The summed E-state index contributed by atoms with van der Waals surface area (Å²) in [4.78, 5) is 24.6. The highest BCUT2D eigenvalue weighted by molar-refractivity contribution is 6.80.